The summed E-state index contributed by atoms with van der Waals surface area (Å²) in [6.45, 7) is 1.53. The Balaban J connectivity index is 2.41. The van der Waals surface area contributed by atoms with Gasteiger partial charge in [-0.3, -0.25) is 4.79 Å². The summed E-state index contributed by atoms with van der Waals surface area (Å²) in [5.74, 6) is -0.281. The van der Waals surface area contributed by atoms with Gasteiger partial charge in [0.1, 0.15) is 11.5 Å². The van der Waals surface area contributed by atoms with Crippen molar-refractivity contribution in [3.8, 4) is 22.6 Å². The Morgan fingerprint density at radius 3 is 2.35 bits per heavy atom. The molecule has 104 valence electrons. The van der Waals surface area contributed by atoms with E-state index in [9.17, 15) is 20.1 Å². The number of hydrogen-bond donors (Lipinski definition) is 3. The highest BCUT2D eigenvalue weighted by Crippen LogP contribution is 2.33. The van der Waals surface area contributed by atoms with E-state index in [4.69, 9.17) is 0 Å². The highest BCUT2D eigenvalue weighted by Gasteiger charge is 2.16. The third-order valence-corrected chi connectivity index (χ3v) is 3.00. The number of Topliss-reactive ketones (excluding diaryl/α,β-unsaturated/α-hetero) is 1. The molecule has 2 rings (SSSR count). The highest BCUT2D eigenvalue weighted by atomic mass is 16.3. The van der Waals surface area contributed by atoms with Crippen molar-refractivity contribution >= 4 is 5.78 Å². The first kappa shape index (κ1) is 14.1. The molecule has 1 atom stereocenters. The van der Waals surface area contributed by atoms with E-state index >= 15 is 0 Å². The molecule has 2 aromatic rings. The summed E-state index contributed by atoms with van der Waals surface area (Å²) in [6.07, 6.45) is -0.786. The maximum Gasteiger partial charge on any atom is 0.169 e. The standard InChI is InChI=1S/C16H16O4/c1-10(17)9-15(19)14-4-2-3-13(16(14)20)11-5-7-12(18)8-6-11/h2-8,10,17-18,20H,9H2,1H3. The molecular weight excluding hydrogens is 256 g/mol. The van der Waals surface area contributed by atoms with E-state index < -0.39 is 6.10 Å². The number of carbonyl (C=O) groups is 1. The molecule has 4 nitrogen and oxygen atoms in total. The second kappa shape index (κ2) is 5.75. The SMILES string of the molecule is CC(O)CC(=O)c1cccc(-c2ccc(O)cc2)c1O. The molecule has 0 fully saturated rings. The minimum absolute atomic E-state index is 0.0351. The highest BCUT2D eigenvalue weighted by molar-refractivity contribution is 6.01. The van der Waals surface area contributed by atoms with Crippen LogP contribution in [0.2, 0.25) is 0 Å². The van der Waals surface area contributed by atoms with Gasteiger partial charge in [-0.25, -0.2) is 0 Å². The van der Waals surface area contributed by atoms with E-state index in [0.29, 0.717) is 11.1 Å². The zero-order valence-electron chi connectivity index (χ0n) is 11.1. The summed E-state index contributed by atoms with van der Waals surface area (Å²) >= 11 is 0. The summed E-state index contributed by atoms with van der Waals surface area (Å²) in [4.78, 5) is 12.0. The smallest absolute Gasteiger partial charge is 0.169 e. The van der Waals surface area contributed by atoms with E-state index in [-0.39, 0.29) is 29.3 Å². The number of para-hydroxylation sites is 1. The molecule has 0 aromatic heterocycles. The first-order valence-electron chi connectivity index (χ1n) is 6.31. The molecule has 1 unspecified atom stereocenters. The molecule has 20 heavy (non-hydrogen) atoms. The van der Waals surface area contributed by atoms with Crippen molar-refractivity contribution in [3.63, 3.8) is 0 Å². The monoisotopic (exact) mass is 272 g/mol. The Kier molecular flexibility index (Phi) is 4.05. The van der Waals surface area contributed by atoms with E-state index in [0.717, 1.165) is 0 Å². The molecule has 0 aliphatic rings. The number of phenolic OH excluding ortho intramolecular Hbond substituents is 2. The van der Waals surface area contributed by atoms with Gasteiger partial charge in [-0.1, -0.05) is 24.3 Å². The number of carbonyl (C=O) groups excluding carboxylic acids is 1. The maximum absolute atomic E-state index is 12.0. The van der Waals surface area contributed by atoms with Gasteiger partial charge in [0.25, 0.3) is 0 Å². The van der Waals surface area contributed by atoms with Gasteiger partial charge < -0.3 is 15.3 Å². The fourth-order valence-electron chi connectivity index (χ4n) is 2.02. The molecule has 3 N–H and O–H groups in total. The van der Waals surface area contributed by atoms with Crippen LogP contribution in [0, 0.1) is 0 Å². The van der Waals surface area contributed by atoms with Crippen molar-refractivity contribution in [2.45, 2.75) is 19.4 Å². The molecule has 0 bridgehead atoms. The topological polar surface area (TPSA) is 77.8 Å². The van der Waals surface area contributed by atoms with Crippen molar-refractivity contribution in [2.24, 2.45) is 0 Å². The average Bonchev–Trinajstić information content (AvgIpc) is 2.39. The summed E-state index contributed by atoms with van der Waals surface area (Å²) in [7, 11) is 0. The fourth-order valence-corrected chi connectivity index (χ4v) is 2.02. The molecule has 0 saturated carbocycles. The Hall–Kier alpha value is -2.33. The number of rotatable bonds is 4. The second-order valence-corrected chi connectivity index (χ2v) is 4.72. The molecule has 0 aliphatic heterocycles. The van der Waals surface area contributed by atoms with Gasteiger partial charge in [0.2, 0.25) is 0 Å². The summed E-state index contributed by atoms with van der Waals surface area (Å²) < 4.78 is 0. The third-order valence-electron chi connectivity index (χ3n) is 3.00. The molecule has 0 aliphatic carbocycles. The molecule has 0 heterocycles. The number of ketones is 1. The Morgan fingerprint density at radius 2 is 1.75 bits per heavy atom. The van der Waals surface area contributed by atoms with Crippen molar-refractivity contribution in [1.29, 1.82) is 0 Å². The van der Waals surface area contributed by atoms with Gasteiger partial charge in [0.15, 0.2) is 5.78 Å². The Labute approximate surface area is 116 Å². The van der Waals surface area contributed by atoms with Crippen LogP contribution in [0.25, 0.3) is 11.1 Å². The van der Waals surface area contributed by atoms with Gasteiger partial charge in [0.05, 0.1) is 11.7 Å². The van der Waals surface area contributed by atoms with Crippen molar-refractivity contribution < 1.29 is 20.1 Å². The quantitative estimate of drug-likeness (QED) is 0.748. The number of aromatic hydroxyl groups is 2. The fraction of sp³-hybridized carbons (Fsp3) is 0.188. The number of benzene rings is 2. The predicted molar refractivity (Wildman–Crippen MR) is 75.8 cm³/mol. The van der Waals surface area contributed by atoms with Crippen LogP contribution >= 0.6 is 0 Å². The molecule has 2 aromatic carbocycles. The average molecular weight is 272 g/mol. The Morgan fingerprint density at radius 1 is 1.10 bits per heavy atom. The third kappa shape index (κ3) is 2.97. The molecular formula is C16H16O4. The zero-order chi connectivity index (χ0) is 14.7. The van der Waals surface area contributed by atoms with Crippen LogP contribution in [0.15, 0.2) is 42.5 Å². The second-order valence-electron chi connectivity index (χ2n) is 4.72. The van der Waals surface area contributed by atoms with Gasteiger partial charge >= 0.3 is 0 Å². The molecule has 0 saturated heterocycles. The van der Waals surface area contributed by atoms with Crippen molar-refractivity contribution in [3.05, 3.63) is 48.0 Å². The lowest BCUT2D eigenvalue weighted by atomic mass is 9.97. The van der Waals surface area contributed by atoms with E-state index in [1.807, 2.05) is 0 Å². The van der Waals surface area contributed by atoms with Crippen LogP contribution in [-0.2, 0) is 0 Å². The molecule has 0 spiro atoms. The minimum atomic E-state index is -0.751. The van der Waals surface area contributed by atoms with Gasteiger partial charge in [0, 0.05) is 12.0 Å². The summed E-state index contributed by atoms with van der Waals surface area (Å²) in [6, 6.07) is 11.3. The predicted octanol–water partition coefficient (Wildman–Crippen LogP) is 2.72. The van der Waals surface area contributed by atoms with E-state index in [2.05, 4.69) is 0 Å². The summed E-state index contributed by atoms with van der Waals surface area (Å²) in [5, 5.41) is 28.8. The first-order valence-corrected chi connectivity index (χ1v) is 6.31. The van der Waals surface area contributed by atoms with Crippen LogP contribution in [-0.4, -0.2) is 27.2 Å². The van der Waals surface area contributed by atoms with Crippen molar-refractivity contribution in [1.82, 2.24) is 0 Å². The van der Waals surface area contributed by atoms with Crippen LogP contribution in [0.1, 0.15) is 23.7 Å². The van der Waals surface area contributed by atoms with E-state index in [1.165, 1.54) is 25.1 Å². The minimum Gasteiger partial charge on any atom is -0.508 e. The number of phenols is 2. The van der Waals surface area contributed by atoms with Crippen LogP contribution in [0.5, 0.6) is 11.5 Å². The molecule has 0 amide bonds. The Bertz CT molecular complexity index is 615. The first-order chi connectivity index (χ1) is 9.49. The summed E-state index contributed by atoms with van der Waals surface area (Å²) in [5.41, 5.74) is 1.41. The number of hydrogen-bond acceptors (Lipinski definition) is 4. The largest absolute Gasteiger partial charge is 0.508 e. The maximum atomic E-state index is 12.0. The number of aliphatic hydroxyl groups is 1. The van der Waals surface area contributed by atoms with Crippen LogP contribution in [0.4, 0.5) is 0 Å². The van der Waals surface area contributed by atoms with Crippen molar-refractivity contribution in [2.75, 3.05) is 0 Å². The van der Waals surface area contributed by atoms with Gasteiger partial charge in [-0.2, -0.15) is 0 Å². The normalized spacial score (nSPS) is 12.1. The van der Waals surface area contributed by atoms with Crippen LogP contribution < -0.4 is 0 Å². The van der Waals surface area contributed by atoms with Gasteiger partial charge in [-0.15, -0.1) is 0 Å². The van der Waals surface area contributed by atoms with E-state index in [1.54, 1.807) is 24.3 Å². The zero-order valence-corrected chi connectivity index (χ0v) is 11.1. The molecule has 0 radical (unpaired) electrons. The number of aliphatic hydroxyl groups excluding tert-OH is 1. The lowest BCUT2D eigenvalue weighted by molar-refractivity contribution is 0.0899. The lowest BCUT2D eigenvalue weighted by Gasteiger charge is -2.10. The lowest BCUT2D eigenvalue weighted by Crippen LogP contribution is -2.09. The van der Waals surface area contributed by atoms with Crippen LogP contribution in [0.3, 0.4) is 0 Å². The van der Waals surface area contributed by atoms with Gasteiger partial charge in [-0.05, 0) is 30.7 Å². The molecule has 4 heteroatoms.